The molecule has 1 atom stereocenters. The van der Waals surface area contributed by atoms with Crippen LogP contribution in [0.25, 0.3) is 0 Å². The SMILES string of the molecule is O=C1C=CNC(c2cccc(Cl)c2)C1. The van der Waals surface area contributed by atoms with Crippen molar-refractivity contribution in [1.82, 2.24) is 5.32 Å². The Morgan fingerprint density at radius 3 is 3.00 bits per heavy atom. The van der Waals surface area contributed by atoms with E-state index >= 15 is 0 Å². The van der Waals surface area contributed by atoms with Gasteiger partial charge in [-0.05, 0) is 23.8 Å². The maximum atomic E-state index is 11.2. The Hall–Kier alpha value is -1.28. The largest absolute Gasteiger partial charge is 0.384 e. The molecule has 0 spiro atoms. The van der Waals surface area contributed by atoms with Gasteiger partial charge in [0.25, 0.3) is 0 Å². The van der Waals surface area contributed by atoms with Gasteiger partial charge < -0.3 is 5.32 Å². The lowest BCUT2D eigenvalue weighted by atomic mass is 9.99. The highest BCUT2D eigenvalue weighted by molar-refractivity contribution is 6.30. The molecule has 3 heteroatoms. The zero-order valence-corrected chi connectivity index (χ0v) is 8.29. The molecule has 1 heterocycles. The van der Waals surface area contributed by atoms with Gasteiger partial charge >= 0.3 is 0 Å². The lowest BCUT2D eigenvalue weighted by Crippen LogP contribution is -2.22. The summed E-state index contributed by atoms with van der Waals surface area (Å²) >= 11 is 5.87. The number of allylic oxidation sites excluding steroid dienone is 1. The van der Waals surface area contributed by atoms with Gasteiger partial charge in [-0.25, -0.2) is 0 Å². The number of carbonyl (C=O) groups excluding carboxylic acids is 1. The first-order valence-electron chi connectivity index (χ1n) is 4.46. The van der Waals surface area contributed by atoms with E-state index in [-0.39, 0.29) is 11.8 Å². The van der Waals surface area contributed by atoms with Crippen molar-refractivity contribution < 1.29 is 4.79 Å². The summed E-state index contributed by atoms with van der Waals surface area (Å²) in [6.07, 6.45) is 3.75. The summed E-state index contributed by atoms with van der Waals surface area (Å²) < 4.78 is 0. The van der Waals surface area contributed by atoms with Crippen LogP contribution in [0.2, 0.25) is 5.02 Å². The van der Waals surface area contributed by atoms with Crippen LogP contribution < -0.4 is 5.32 Å². The van der Waals surface area contributed by atoms with Crippen LogP contribution in [0.3, 0.4) is 0 Å². The van der Waals surface area contributed by atoms with E-state index in [0.717, 1.165) is 5.56 Å². The Labute approximate surface area is 87.6 Å². The lowest BCUT2D eigenvalue weighted by Gasteiger charge is -2.19. The fourth-order valence-corrected chi connectivity index (χ4v) is 1.72. The molecule has 1 aromatic carbocycles. The minimum absolute atomic E-state index is 0.0613. The molecule has 0 radical (unpaired) electrons. The molecule has 0 amide bonds. The summed E-state index contributed by atoms with van der Waals surface area (Å²) in [5.41, 5.74) is 1.05. The van der Waals surface area contributed by atoms with E-state index in [4.69, 9.17) is 11.6 Å². The van der Waals surface area contributed by atoms with Crippen LogP contribution in [0.4, 0.5) is 0 Å². The van der Waals surface area contributed by atoms with E-state index in [2.05, 4.69) is 5.32 Å². The van der Waals surface area contributed by atoms with Crippen molar-refractivity contribution in [1.29, 1.82) is 0 Å². The summed E-state index contributed by atoms with van der Waals surface area (Å²) in [5.74, 6) is 0.147. The molecule has 0 aromatic heterocycles. The second kappa shape index (κ2) is 3.84. The Morgan fingerprint density at radius 1 is 1.43 bits per heavy atom. The number of rotatable bonds is 1. The number of hydrogen-bond acceptors (Lipinski definition) is 2. The van der Waals surface area contributed by atoms with Crippen LogP contribution in [0.1, 0.15) is 18.0 Å². The lowest BCUT2D eigenvalue weighted by molar-refractivity contribution is -0.115. The normalized spacial score (nSPS) is 20.6. The molecule has 0 saturated carbocycles. The molecule has 0 saturated heterocycles. The molecule has 1 aliphatic rings. The third kappa shape index (κ3) is 1.96. The van der Waals surface area contributed by atoms with E-state index in [1.807, 2.05) is 24.3 Å². The van der Waals surface area contributed by atoms with Gasteiger partial charge in [0, 0.05) is 17.6 Å². The summed E-state index contributed by atoms with van der Waals surface area (Å²) in [7, 11) is 0. The van der Waals surface area contributed by atoms with Crippen molar-refractivity contribution >= 4 is 17.4 Å². The number of ketones is 1. The van der Waals surface area contributed by atoms with Crippen LogP contribution in [-0.2, 0) is 4.79 Å². The van der Waals surface area contributed by atoms with Crippen molar-refractivity contribution in [2.75, 3.05) is 0 Å². The number of hydrogen-bond donors (Lipinski definition) is 1. The second-order valence-electron chi connectivity index (χ2n) is 3.28. The van der Waals surface area contributed by atoms with Crippen molar-refractivity contribution in [3.63, 3.8) is 0 Å². The topological polar surface area (TPSA) is 29.1 Å². The van der Waals surface area contributed by atoms with E-state index < -0.39 is 0 Å². The molecule has 0 fully saturated rings. The Kier molecular flexibility index (Phi) is 2.55. The number of carbonyl (C=O) groups is 1. The third-order valence-electron chi connectivity index (χ3n) is 2.22. The van der Waals surface area contributed by atoms with Gasteiger partial charge in [0.2, 0.25) is 0 Å². The molecule has 1 N–H and O–H groups in total. The van der Waals surface area contributed by atoms with Crippen LogP contribution in [0.5, 0.6) is 0 Å². The molecule has 2 rings (SSSR count). The van der Waals surface area contributed by atoms with Crippen molar-refractivity contribution in [2.24, 2.45) is 0 Å². The van der Waals surface area contributed by atoms with Gasteiger partial charge in [0.1, 0.15) is 0 Å². The van der Waals surface area contributed by atoms with Gasteiger partial charge in [-0.15, -0.1) is 0 Å². The van der Waals surface area contributed by atoms with Crippen molar-refractivity contribution in [3.05, 3.63) is 47.1 Å². The van der Waals surface area contributed by atoms with Gasteiger partial charge in [-0.3, -0.25) is 4.79 Å². The van der Waals surface area contributed by atoms with Crippen LogP contribution in [-0.4, -0.2) is 5.78 Å². The average molecular weight is 208 g/mol. The quantitative estimate of drug-likeness (QED) is 0.767. The molecular formula is C11H10ClNO. The summed E-state index contributed by atoms with van der Waals surface area (Å²) in [6, 6.07) is 7.63. The number of halogens is 1. The minimum Gasteiger partial charge on any atom is -0.384 e. The van der Waals surface area contributed by atoms with Crippen molar-refractivity contribution in [2.45, 2.75) is 12.5 Å². The molecule has 1 aromatic rings. The molecule has 2 nitrogen and oxygen atoms in total. The highest BCUT2D eigenvalue weighted by atomic mass is 35.5. The predicted octanol–water partition coefficient (Wildman–Crippen LogP) is 2.46. The molecule has 1 aliphatic heterocycles. The zero-order valence-electron chi connectivity index (χ0n) is 7.53. The van der Waals surface area contributed by atoms with Crippen molar-refractivity contribution in [3.8, 4) is 0 Å². The molecule has 14 heavy (non-hydrogen) atoms. The van der Waals surface area contributed by atoms with Crippen LogP contribution in [0, 0.1) is 0 Å². The van der Waals surface area contributed by atoms with Gasteiger partial charge in [0.15, 0.2) is 5.78 Å². The fourth-order valence-electron chi connectivity index (χ4n) is 1.52. The number of nitrogens with one attached hydrogen (secondary N) is 1. The van der Waals surface area contributed by atoms with E-state index in [0.29, 0.717) is 11.4 Å². The first-order valence-corrected chi connectivity index (χ1v) is 4.84. The first kappa shape index (κ1) is 9.28. The highest BCUT2D eigenvalue weighted by Crippen LogP contribution is 2.22. The second-order valence-corrected chi connectivity index (χ2v) is 3.71. The molecule has 72 valence electrons. The Bertz CT molecular complexity index is 387. The Morgan fingerprint density at radius 2 is 2.29 bits per heavy atom. The van der Waals surface area contributed by atoms with E-state index in [1.165, 1.54) is 0 Å². The predicted molar refractivity (Wildman–Crippen MR) is 56.1 cm³/mol. The fraction of sp³-hybridized carbons (Fsp3) is 0.182. The average Bonchev–Trinajstić information content (AvgIpc) is 2.18. The number of benzene rings is 1. The summed E-state index contributed by atoms with van der Waals surface area (Å²) in [5, 5.41) is 3.83. The van der Waals surface area contributed by atoms with E-state index in [1.54, 1.807) is 12.3 Å². The molecular weight excluding hydrogens is 198 g/mol. The minimum atomic E-state index is 0.0613. The standard InChI is InChI=1S/C11H10ClNO/c12-9-3-1-2-8(6-9)11-7-10(14)4-5-13-11/h1-6,11,13H,7H2. The summed E-state index contributed by atoms with van der Waals surface area (Å²) in [4.78, 5) is 11.2. The molecule has 0 bridgehead atoms. The first-order chi connectivity index (χ1) is 6.75. The molecule has 1 unspecified atom stereocenters. The molecule has 0 aliphatic carbocycles. The smallest absolute Gasteiger partial charge is 0.159 e. The highest BCUT2D eigenvalue weighted by Gasteiger charge is 2.16. The van der Waals surface area contributed by atoms with Gasteiger partial charge in [-0.2, -0.15) is 0 Å². The van der Waals surface area contributed by atoms with Crippen LogP contribution >= 0.6 is 11.6 Å². The maximum Gasteiger partial charge on any atom is 0.159 e. The third-order valence-corrected chi connectivity index (χ3v) is 2.46. The maximum absolute atomic E-state index is 11.2. The van der Waals surface area contributed by atoms with Gasteiger partial charge in [0.05, 0.1) is 6.04 Å². The van der Waals surface area contributed by atoms with Gasteiger partial charge in [-0.1, -0.05) is 23.7 Å². The summed E-state index contributed by atoms with van der Waals surface area (Å²) in [6.45, 7) is 0. The van der Waals surface area contributed by atoms with Crippen LogP contribution in [0.15, 0.2) is 36.5 Å². The monoisotopic (exact) mass is 207 g/mol. The van der Waals surface area contributed by atoms with E-state index in [9.17, 15) is 4.79 Å². The zero-order chi connectivity index (χ0) is 9.97. The Balaban J connectivity index is 2.23.